The second-order valence-electron chi connectivity index (χ2n) is 4.07. The van der Waals surface area contributed by atoms with Gasteiger partial charge in [-0.3, -0.25) is 0 Å². The summed E-state index contributed by atoms with van der Waals surface area (Å²) in [7, 11) is 0. The Morgan fingerprint density at radius 3 is 2.67 bits per heavy atom. The Kier molecular flexibility index (Phi) is 5.64. The van der Waals surface area contributed by atoms with Crippen LogP contribution in [0, 0.1) is 0 Å². The zero-order valence-electron chi connectivity index (χ0n) is 9.30. The number of hydrogen-bond acceptors (Lipinski definition) is 2. The predicted molar refractivity (Wildman–Crippen MR) is 70.2 cm³/mol. The van der Waals surface area contributed by atoms with Crippen LogP contribution in [0.25, 0.3) is 0 Å². The fourth-order valence-corrected chi connectivity index (χ4v) is 2.96. The Bertz CT molecular complexity index is 230. The number of hydrogen-bond donors (Lipinski definition) is 0. The molecule has 2 nitrogen and oxygen atoms in total. The normalized spacial score (nSPS) is 20.4. The van der Waals surface area contributed by atoms with Crippen molar-refractivity contribution in [2.45, 2.75) is 48.9 Å². The fraction of sp³-hybridized carbons (Fsp3) is 0.750. The van der Waals surface area contributed by atoms with Gasteiger partial charge in [0.25, 0.3) is 0 Å². The second-order valence-corrected chi connectivity index (χ2v) is 6.36. The van der Waals surface area contributed by atoms with E-state index in [0.29, 0.717) is 10.0 Å². The van der Waals surface area contributed by atoms with Gasteiger partial charge in [-0.2, -0.15) is 0 Å². The van der Waals surface area contributed by atoms with Gasteiger partial charge in [-0.1, -0.05) is 47.9 Å². The molecule has 0 aliphatic heterocycles. The molecule has 86 valence electrons. The standard InChI is InChI=1S/C12H19IO2/c1-2-15-11(14)7-6-10-12(13)8-4-3-5-9-12/h6-7H,2-5,8-10H2,1H3/b7-6+. The molecule has 0 N–H and O–H groups in total. The first-order chi connectivity index (χ1) is 7.16. The summed E-state index contributed by atoms with van der Waals surface area (Å²) in [6, 6.07) is 0. The van der Waals surface area contributed by atoms with Gasteiger partial charge < -0.3 is 4.74 Å². The van der Waals surface area contributed by atoms with E-state index in [1.165, 1.54) is 32.1 Å². The van der Waals surface area contributed by atoms with Crippen LogP contribution in [0.2, 0.25) is 0 Å². The lowest BCUT2D eigenvalue weighted by Gasteiger charge is -2.30. The SMILES string of the molecule is CCOC(=O)/C=C/CC1(I)CCCCC1. The van der Waals surface area contributed by atoms with E-state index in [9.17, 15) is 4.79 Å². The lowest BCUT2D eigenvalue weighted by Crippen LogP contribution is -2.22. The van der Waals surface area contributed by atoms with Crippen LogP contribution < -0.4 is 0 Å². The molecule has 0 unspecified atom stereocenters. The van der Waals surface area contributed by atoms with Gasteiger partial charge in [0.2, 0.25) is 0 Å². The third-order valence-corrected chi connectivity index (χ3v) is 4.29. The zero-order chi connectivity index (χ0) is 11.1. The molecule has 15 heavy (non-hydrogen) atoms. The fourth-order valence-electron chi connectivity index (χ4n) is 1.95. The summed E-state index contributed by atoms with van der Waals surface area (Å²) in [5.41, 5.74) is 0. The average Bonchev–Trinajstić information content (AvgIpc) is 2.19. The molecule has 0 bridgehead atoms. The van der Waals surface area contributed by atoms with Gasteiger partial charge in [-0.15, -0.1) is 0 Å². The maximum Gasteiger partial charge on any atom is 0.330 e. The molecule has 0 saturated heterocycles. The van der Waals surface area contributed by atoms with Crippen molar-refractivity contribution in [2.24, 2.45) is 0 Å². The summed E-state index contributed by atoms with van der Waals surface area (Å²) in [5, 5.41) is 0. The van der Waals surface area contributed by atoms with Crippen molar-refractivity contribution < 1.29 is 9.53 Å². The molecule has 0 aromatic rings. The molecule has 1 fully saturated rings. The quantitative estimate of drug-likeness (QED) is 0.342. The first-order valence-electron chi connectivity index (χ1n) is 5.68. The minimum absolute atomic E-state index is 0.215. The second kappa shape index (κ2) is 6.51. The maximum atomic E-state index is 11.1. The number of carbonyl (C=O) groups excluding carboxylic acids is 1. The van der Waals surface area contributed by atoms with Crippen molar-refractivity contribution in [1.82, 2.24) is 0 Å². The van der Waals surface area contributed by atoms with Crippen molar-refractivity contribution in [3.63, 3.8) is 0 Å². The van der Waals surface area contributed by atoms with E-state index in [4.69, 9.17) is 4.74 Å². The number of esters is 1. The smallest absolute Gasteiger partial charge is 0.330 e. The highest BCUT2D eigenvalue weighted by Crippen LogP contribution is 2.39. The summed E-state index contributed by atoms with van der Waals surface area (Å²) in [5.74, 6) is -0.215. The summed E-state index contributed by atoms with van der Waals surface area (Å²) in [6.07, 6.45) is 11.1. The molecular weight excluding hydrogens is 303 g/mol. The molecule has 1 aliphatic carbocycles. The molecule has 3 heteroatoms. The summed E-state index contributed by atoms with van der Waals surface area (Å²) in [4.78, 5) is 11.1. The van der Waals surface area contributed by atoms with Gasteiger partial charge in [-0.25, -0.2) is 4.79 Å². The van der Waals surface area contributed by atoms with Gasteiger partial charge in [0.15, 0.2) is 0 Å². The molecular formula is C12H19IO2. The Balaban J connectivity index is 2.31. The molecule has 0 amide bonds. The number of allylic oxidation sites excluding steroid dienone is 1. The van der Waals surface area contributed by atoms with Crippen LogP contribution in [0.3, 0.4) is 0 Å². The van der Waals surface area contributed by atoms with E-state index < -0.39 is 0 Å². The number of carbonyl (C=O) groups is 1. The van der Waals surface area contributed by atoms with Crippen LogP contribution in [0.15, 0.2) is 12.2 Å². The lowest BCUT2D eigenvalue weighted by atomic mass is 9.87. The van der Waals surface area contributed by atoms with Crippen LogP contribution in [0.1, 0.15) is 45.4 Å². The summed E-state index contributed by atoms with van der Waals surface area (Å²) < 4.78 is 5.22. The maximum absolute atomic E-state index is 11.1. The molecule has 0 aromatic heterocycles. The molecule has 0 spiro atoms. The Hall–Kier alpha value is -0.0600. The Labute approximate surface area is 106 Å². The van der Waals surface area contributed by atoms with Gasteiger partial charge in [0.05, 0.1) is 6.61 Å². The minimum atomic E-state index is -0.215. The highest BCUT2D eigenvalue weighted by molar-refractivity contribution is 14.1. The van der Waals surface area contributed by atoms with Crippen molar-refractivity contribution in [2.75, 3.05) is 6.61 Å². The van der Waals surface area contributed by atoms with Crippen molar-refractivity contribution in [3.8, 4) is 0 Å². The van der Waals surface area contributed by atoms with Crippen LogP contribution in [0.5, 0.6) is 0 Å². The van der Waals surface area contributed by atoms with Crippen molar-refractivity contribution >= 4 is 28.6 Å². The third kappa shape index (κ3) is 5.00. The predicted octanol–water partition coefficient (Wildman–Crippen LogP) is 3.63. The number of rotatable bonds is 4. The van der Waals surface area contributed by atoms with Crippen molar-refractivity contribution in [3.05, 3.63) is 12.2 Å². The first kappa shape index (κ1) is 13.0. The van der Waals surface area contributed by atoms with Gasteiger partial charge in [0.1, 0.15) is 0 Å². The van der Waals surface area contributed by atoms with E-state index >= 15 is 0 Å². The first-order valence-corrected chi connectivity index (χ1v) is 6.76. The van der Waals surface area contributed by atoms with Gasteiger partial charge in [-0.05, 0) is 26.2 Å². The van der Waals surface area contributed by atoms with Gasteiger partial charge in [0, 0.05) is 9.50 Å². The third-order valence-electron chi connectivity index (χ3n) is 2.77. The molecule has 1 rings (SSSR count). The summed E-state index contributed by atoms with van der Waals surface area (Å²) >= 11 is 2.55. The van der Waals surface area contributed by atoms with E-state index in [1.807, 2.05) is 13.0 Å². The molecule has 1 aliphatic rings. The van der Waals surface area contributed by atoms with Crippen LogP contribution in [-0.2, 0) is 9.53 Å². The van der Waals surface area contributed by atoms with Crippen molar-refractivity contribution in [1.29, 1.82) is 0 Å². The number of alkyl halides is 1. The lowest BCUT2D eigenvalue weighted by molar-refractivity contribution is -0.137. The van der Waals surface area contributed by atoms with E-state index in [1.54, 1.807) is 6.08 Å². The van der Waals surface area contributed by atoms with E-state index in [2.05, 4.69) is 22.6 Å². The Morgan fingerprint density at radius 2 is 2.07 bits per heavy atom. The molecule has 0 heterocycles. The van der Waals surface area contributed by atoms with Crippen LogP contribution >= 0.6 is 22.6 Å². The average molecular weight is 322 g/mol. The zero-order valence-corrected chi connectivity index (χ0v) is 11.5. The van der Waals surface area contributed by atoms with E-state index in [-0.39, 0.29) is 5.97 Å². The monoisotopic (exact) mass is 322 g/mol. The van der Waals surface area contributed by atoms with E-state index in [0.717, 1.165) is 6.42 Å². The largest absolute Gasteiger partial charge is 0.463 e. The van der Waals surface area contributed by atoms with Crippen LogP contribution in [0.4, 0.5) is 0 Å². The van der Waals surface area contributed by atoms with Crippen LogP contribution in [-0.4, -0.2) is 16.0 Å². The topological polar surface area (TPSA) is 26.3 Å². The molecule has 0 radical (unpaired) electrons. The van der Waals surface area contributed by atoms with Gasteiger partial charge >= 0.3 is 5.97 Å². The molecule has 0 aromatic carbocycles. The summed E-state index contributed by atoms with van der Waals surface area (Å²) in [6.45, 7) is 2.28. The number of ether oxygens (including phenoxy) is 1. The minimum Gasteiger partial charge on any atom is -0.463 e. The highest BCUT2D eigenvalue weighted by atomic mass is 127. The molecule has 1 saturated carbocycles. The number of halogens is 1. The molecule has 0 atom stereocenters. The highest BCUT2D eigenvalue weighted by Gasteiger charge is 2.27. The Morgan fingerprint density at radius 1 is 1.40 bits per heavy atom.